The van der Waals surface area contributed by atoms with Crippen LogP contribution in [0.5, 0.6) is 11.5 Å². The van der Waals surface area contributed by atoms with Crippen molar-refractivity contribution in [1.29, 1.82) is 0 Å². The minimum absolute atomic E-state index is 0.121. The van der Waals surface area contributed by atoms with E-state index in [1.165, 1.54) is 0 Å². The topological polar surface area (TPSA) is 72.5 Å². The van der Waals surface area contributed by atoms with Crippen LogP contribution in [0.25, 0.3) is 0 Å². The Morgan fingerprint density at radius 3 is 2.56 bits per heavy atom. The number of anilines is 3. The third-order valence-electron chi connectivity index (χ3n) is 3.60. The van der Waals surface area contributed by atoms with Gasteiger partial charge in [0.15, 0.2) is 6.61 Å². The summed E-state index contributed by atoms with van der Waals surface area (Å²) in [5.74, 6) is 1.43. The molecule has 138 valence electrons. The third-order valence-corrected chi connectivity index (χ3v) is 3.85. The third kappa shape index (κ3) is 5.36. The molecule has 1 heterocycles. The van der Waals surface area contributed by atoms with Gasteiger partial charge >= 0.3 is 0 Å². The largest absolute Gasteiger partial charge is 0.495 e. The van der Waals surface area contributed by atoms with Crippen molar-refractivity contribution < 1.29 is 14.3 Å². The van der Waals surface area contributed by atoms with Gasteiger partial charge in [-0.2, -0.15) is 0 Å². The average Bonchev–Trinajstić information content (AvgIpc) is 2.69. The quantitative estimate of drug-likeness (QED) is 0.628. The van der Waals surface area contributed by atoms with Crippen molar-refractivity contribution in [2.45, 2.75) is 0 Å². The number of nitrogens with zero attached hydrogens (tertiary/aromatic N) is 1. The van der Waals surface area contributed by atoms with Gasteiger partial charge in [-0.15, -0.1) is 0 Å². The molecular formula is C20H18ClN3O3. The molecule has 6 nitrogen and oxygen atoms in total. The van der Waals surface area contributed by atoms with Gasteiger partial charge in [0.05, 0.1) is 24.7 Å². The summed E-state index contributed by atoms with van der Waals surface area (Å²) in [7, 11) is 1.61. The number of nitrogens with one attached hydrogen (secondary N) is 2. The van der Waals surface area contributed by atoms with Crippen molar-refractivity contribution in [1.82, 2.24) is 4.98 Å². The van der Waals surface area contributed by atoms with E-state index >= 15 is 0 Å². The van der Waals surface area contributed by atoms with Gasteiger partial charge < -0.3 is 20.1 Å². The number of para-hydroxylation sites is 2. The van der Waals surface area contributed by atoms with Crippen LogP contribution in [0.2, 0.25) is 5.02 Å². The first-order valence-corrected chi connectivity index (χ1v) is 8.56. The Morgan fingerprint density at radius 1 is 1.07 bits per heavy atom. The fourth-order valence-electron chi connectivity index (χ4n) is 2.30. The first-order valence-electron chi connectivity index (χ1n) is 8.18. The van der Waals surface area contributed by atoms with E-state index in [0.29, 0.717) is 16.6 Å². The molecule has 0 spiro atoms. The summed E-state index contributed by atoms with van der Waals surface area (Å²) in [6.07, 6.45) is 1.63. The van der Waals surface area contributed by atoms with Crippen LogP contribution in [-0.2, 0) is 4.79 Å². The maximum absolute atomic E-state index is 12.0. The van der Waals surface area contributed by atoms with Gasteiger partial charge in [-0.3, -0.25) is 4.79 Å². The fraction of sp³-hybridized carbons (Fsp3) is 0.100. The van der Waals surface area contributed by atoms with E-state index < -0.39 is 0 Å². The van der Waals surface area contributed by atoms with Gasteiger partial charge in [-0.1, -0.05) is 23.7 Å². The van der Waals surface area contributed by atoms with Gasteiger partial charge in [0.1, 0.15) is 17.3 Å². The standard InChI is InChI=1S/C20H18ClN3O3/c1-26-18-5-3-2-4-17(18)23-15-8-11-19(22-12-15)24-20(25)13-27-16-9-6-14(21)7-10-16/h2-12,23H,13H2,1H3,(H,22,24,25). The summed E-state index contributed by atoms with van der Waals surface area (Å²) in [4.78, 5) is 16.2. The van der Waals surface area contributed by atoms with Crippen LogP contribution in [-0.4, -0.2) is 24.6 Å². The van der Waals surface area contributed by atoms with Crippen molar-refractivity contribution in [2.24, 2.45) is 0 Å². The minimum Gasteiger partial charge on any atom is -0.495 e. The molecule has 0 aliphatic heterocycles. The van der Waals surface area contributed by atoms with Crippen LogP contribution in [0.1, 0.15) is 0 Å². The molecule has 7 heteroatoms. The molecule has 0 fully saturated rings. The van der Waals surface area contributed by atoms with Crippen molar-refractivity contribution in [3.05, 3.63) is 71.9 Å². The maximum Gasteiger partial charge on any atom is 0.263 e. The molecule has 0 atom stereocenters. The number of ether oxygens (including phenoxy) is 2. The summed E-state index contributed by atoms with van der Waals surface area (Å²) in [5.41, 5.74) is 1.60. The number of halogens is 1. The number of amides is 1. The molecule has 0 aliphatic rings. The highest BCUT2D eigenvalue weighted by molar-refractivity contribution is 6.30. The van der Waals surface area contributed by atoms with E-state index in [2.05, 4.69) is 15.6 Å². The number of pyridine rings is 1. The summed E-state index contributed by atoms with van der Waals surface area (Å²) < 4.78 is 10.7. The number of methoxy groups -OCH3 is 1. The second-order valence-electron chi connectivity index (χ2n) is 5.55. The summed E-state index contributed by atoms with van der Waals surface area (Å²) >= 11 is 5.81. The zero-order valence-electron chi connectivity index (χ0n) is 14.6. The average molecular weight is 384 g/mol. The smallest absolute Gasteiger partial charge is 0.263 e. The summed E-state index contributed by atoms with van der Waals surface area (Å²) in [6, 6.07) is 17.9. The number of hydrogen-bond donors (Lipinski definition) is 2. The number of carbonyl (C=O) groups excluding carboxylic acids is 1. The SMILES string of the molecule is COc1ccccc1Nc1ccc(NC(=O)COc2ccc(Cl)cc2)nc1. The lowest BCUT2D eigenvalue weighted by atomic mass is 10.3. The molecule has 0 bridgehead atoms. The van der Waals surface area contributed by atoms with Crippen molar-refractivity contribution in [2.75, 3.05) is 24.4 Å². The van der Waals surface area contributed by atoms with E-state index in [4.69, 9.17) is 21.1 Å². The Hall–Kier alpha value is -3.25. The molecule has 1 aromatic heterocycles. The zero-order chi connectivity index (χ0) is 19.1. The zero-order valence-corrected chi connectivity index (χ0v) is 15.4. The van der Waals surface area contributed by atoms with Gasteiger partial charge in [-0.05, 0) is 48.5 Å². The van der Waals surface area contributed by atoms with Crippen molar-refractivity contribution in [3.8, 4) is 11.5 Å². The van der Waals surface area contributed by atoms with Crippen molar-refractivity contribution in [3.63, 3.8) is 0 Å². The maximum atomic E-state index is 12.0. The highest BCUT2D eigenvalue weighted by Crippen LogP contribution is 2.26. The molecule has 3 rings (SSSR count). The molecule has 3 aromatic rings. The molecular weight excluding hydrogens is 366 g/mol. The summed E-state index contributed by atoms with van der Waals surface area (Å²) in [5, 5.41) is 6.51. The number of aromatic nitrogens is 1. The van der Waals surface area contributed by atoms with Gasteiger partial charge in [0.25, 0.3) is 5.91 Å². The molecule has 0 aliphatic carbocycles. The number of carbonyl (C=O) groups is 1. The van der Waals surface area contributed by atoms with Crippen LogP contribution >= 0.6 is 11.6 Å². The van der Waals surface area contributed by atoms with Gasteiger partial charge in [0, 0.05) is 5.02 Å². The molecule has 27 heavy (non-hydrogen) atoms. The van der Waals surface area contributed by atoms with E-state index in [-0.39, 0.29) is 12.5 Å². The second kappa shape index (κ2) is 8.91. The highest BCUT2D eigenvalue weighted by atomic mass is 35.5. The van der Waals surface area contributed by atoms with Crippen molar-refractivity contribution >= 4 is 34.7 Å². The van der Waals surface area contributed by atoms with Gasteiger partial charge in [-0.25, -0.2) is 4.98 Å². The molecule has 0 saturated carbocycles. The van der Waals surface area contributed by atoms with E-state index in [9.17, 15) is 4.79 Å². The number of hydrogen-bond acceptors (Lipinski definition) is 5. The normalized spacial score (nSPS) is 10.1. The Labute approximate surface area is 162 Å². The van der Waals surface area contributed by atoms with Gasteiger partial charge in [0.2, 0.25) is 0 Å². The van der Waals surface area contributed by atoms with E-state index in [1.807, 2.05) is 30.3 Å². The molecule has 0 saturated heterocycles. The fourth-order valence-corrected chi connectivity index (χ4v) is 2.43. The monoisotopic (exact) mass is 383 g/mol. The Morgan fingerprint density at radius 2 is 1.85 bits per heavy atom. The summed E-state index contributed by atoms with van der Waals surface area (Å²) in [6.45, 7) is -0.121. The van der Waals surface area contributed by atoms with Crippen LogP contribution < -0.4 is 20.1 Å². The predicted octanol–water partition coefficient (Wildman–Crippen LogP) is 4.50. The molecule has 1 amide bonds. The Balaban J connectivity index is 1.54. The van der Waals surface area contributed by atoms with Crippen LogP contribution in [0.3, 0.4) is 0 Å². The van der Waals surface area contributed by atoms with E-state index in [0.717, 1.165) is 17.1 Å². The van der Waals surface area contributed by atoms with E-state index in [1.54, 1.807) is 43.6 Å². The van der Waals surface area contributed by atoms with Crippen LogP contribution in [0, 0.1) is 0 Å². The lowest BCUT2D eigenvalue weighted by Gasteiger charge is -2.11. The lowest BCUT2D eigenvalue weighted by molar-refractivity contribution is -0.118. The molecule has 0 unspecified atom stereocenters. The number of rotatable bonds is 7. The van der Waals surface area contributed by atoms with Crippen LogP contribution in [0.15, 0.2) is 66.9 Å². The lowest BCUT2D eigenvalue weighted by Crippen LogP contribution is -2.20. The second-order valence-corrected chi connectivity index (χ2v) is 5.98. The Kier molecular flexibility index (Phi) is 6.12. The predicted molar refractivity (Wildman–Crippen MR) is 106 cm³/mol. The molecule has 2 aromatic carbocycles. The Bertz CT molecular complexity index is 899. The first kappa shape index (κ1) is 18.5. The molecule has 0 radical (unpaired) electrons. The van der Waals surface area contributed by atoms with Crippen LogP contribution in [0.4, 0.5) is 17.2 Å². The minimum atomic E-state index is -0.303. The first-order chi connectivity index (χ1) is 13.1. The number of benzene rings is 2. The highest BCUT2D eigenvalue weighted by Gasteiger charge is 2.06. The molecule has 2 N–H and O–H groups in total.